The summed E-state index contributed by atoms with van der Waals surface area (Å²) in [6, 6.07) is 18.4. The van der Waals surface area contributed by atoms with Crippen LogP contribution in [0, 0.1) is 0 Å². The molecule has 5 nitrogen and oxygen atoms in total. The molecule has 3 aromatic heterocycles. The largest absolute Gasteiger partial charge is 0.352 e. The van der Waals surface area contributed by atoms with Crippen molar-refractivity contribution in [1.82, 2.24) is 19.9 Å². The van der Waals surface area contributed by atoms with E-state index in [0.717, 1.165) is 46.5 Å². The lowest BCUT2D eigenvalue weighted by Gasteiger charge is -2.20. The summed E-state index contributed by atoms with van der Waals surface area (Å²) in [5, 5.41) is 2.21. The predicted molar refractivity (Wildman–Crippen MR) is 103 cm³/mol. The van der Waals surface area contributed by atoms with E-state index in [2.05, 4.69) is 62.5 Å². The Labute approximate surface area is 151 Å². The topological polar surface area (TPSA) is 45.2 Å². The Balaban J connectivity index is 1.44. The molecule has 1 aliphatic heterocycles. The molecule has 0 atom stereocenters. The summed E-state index contributed by atoms with van der Waals surface area (Å²) in [6.07, 6.45) is 7.80. The number of anilines is 1. The Bertz CT molecular complexity index is 1110. The minimum absolute atomic E-state index is 0.757. The fourth-order valence-corrected chi connectivity index (χ4v) is 3.29. The second-order valence-electron chi connectivity index (χ2n) is 6.36. The van der Waals surface area contributed by atoms with Gasteiger partial charge in [-0.3, -0.25) is 9.97 Å². The first-order chi connectivity index (χ1) is 12.9. The van der Waals surface area contributed by atoms with E-state index in [9.17, 15) is 0 Å². The van der Waals surface area contributed by atoms with Crippen molar-refractivity contribution in [3.8, 4) is 0 Å². The van der Waals surface area contributed by atoms with Gasteiger partial charge in [0.05, 0.1) is 29.9 Å². The maximum atomic E-state index is 4.90. The number of hydrogen-bond donors (Lipinski definition) is 0. The molecule has 5 heteroatoms. The first kappa shape index (κ1) is 14.8. The van der Waals surface area contributed by atoms with Crippen LogP contribution in [-0.4, -0.2) is 26.5 Å². The molecule has 0 fully saturated rings. The van der Waals surface area contributed by atoms with Crippen molar-refractivity contribution in [2.75, 3.05) is 11.6 Å². The second kappa shape index (κ2) is 6.11. The summed E-state index contributed by atoms with van der Waals surface area (Å²) in [4.78, 5) is 18.2. The van der Waals surface area contributed by atoms with Crippen molar-refractivity contribution < 1.29 is 0 Å². The SMILES string of the molecule is C1=CN(c2ccc3ccc4cccnc4c3n2)CN1Cc1ccccn1. The van der Waals surface area contributed by atoms with Crippen LogP contribution in [0.4, 0.5) is 5.82 Å². The fraction of sp³-hybridized carbons (Fsp3) is 0.0952. The lowest BCUT2D eigenvalue weighted by Crippen LogP contribution is -2.25. The Morgan fingerprint density at radius 1 is 0.769 bits per heavy atom. The van der Waals surface area contributed by atoms with Gasteiger partial charge < -0.3 is 9.80 Å². The highest BCUT2D eigenvalue weighted by atomic mass is 15.4. The molecule has 0 spiro atoms. The molecule has 0 unspecified atom stereocenters. The van der Waals surface area contributed by atoms with Crippen LogP contribution in [0.15, 0.2) is 79.4 Å². The lowest BCUT2D eigenvalue weighted by molar-refractivity contribution is 0.394. The van der Waals surface area contributed by atoms with Crippen LogP contribution < -0.4 is 4.90 Å². The fourth-order valence-electron chi connectivity index (χ4n) is 3.29. The Morgan fingerprint density at radius 3 is 2.50 bits per heavy atom. The molecule has 4 aromatic rings. The van der Waals surface area contributed by atoms with E-state index in [1.54, 1.807) is 0 Å². The molecule has 0 N–H and O–H groups in total. The van der Waals surface area contributed by atoms with Gasteiger partial charge in [-0.1, -0.05) is 24.3 Å². The first-order valence-corrected chi connectivity index (χ1v) is 8.60. The van der Waals surface area contributed by atoms with Crippen LogP contribution in [0.1, 0.15) is 5.69 Å². The van der Waals surface area contributed by atoms with Crippen LogP contribution in [0.2, 0.25) is 0 Å². The maximum Gasteiger partial charge on any atom is 0.134 e. The van der Waals surface area contributed by atoms with Gasteiger partial charge in [0.25, 0.3) is 0 Å². The van der Waals surface area contributed by atoms with Crippen molar-refractivity contribution in [3.63, 3.8) is 0 Å². The Hall–Kier alpha value is -3.47. The van der Waals surface area contributed by atoms with E-state index < -0.39 is 0 Å². The smallest absolute Gasteiger partial charge is 0.134 e. The van der Waals surface area contributed by atoms with Gasteiger partial charge >= 0.3 is 0 Å². The summed E-state index contributed by atoms with van der Waals surface area (Å²) in [5.41, 5.74) is 2.94. The molecule has 0 radical (unpaired) electrons. The summed E-state index contributed by atoms with van der Waals surface area (Å²) in [7, 11) is 0. The minimum atomic E-state index is 0.757. The van der Waals surface area contributed by atoms with Crippen molar-refractivity contribution >= 4 is 27.6 Å². The van der Waals surface area contributed by atoms with Crippen LogP contribution in [0.25, 0.3) is 21.8 Å². The second-order valence-corrected chi connectivity index (χ2v) is 6.36. The van der Waals surface area contributed by atoms with Gasteiger partial charge in [0, 0.05) is 35.6 Å². The summed E-state index contributed by atoms with van der Waals surface area (Å²) in [6.45, 7) is 1.54. The number of aromatic nitrogens is 3. The Kier molecular flexibility index (Phi) is 3.49. The van der Waals surface area contributed by atoms with E-state index in [-0.39, 0.29) is 0 Å². The number of hydrogen-bond acceptors (Lipinski definition) is 5. The molecule has 5 rings (SSSR count). The van der Waals surface area contributed by atoms with Crippen molar-refractivity contribution in [2.45, 2.75) is 6.54 Å². The third-order valence-electron chi connectivity index (χ3n) is 4.59. The summed E-state index contributed by atoms with van der Waals surface area (Å²) < 4.78 is 0. The number of rotatable bonds is 3. The minimum Gasteiger partial charge on any atom is -0.352 e. The van der Waals surface area contributed by atoms with Crippen molar-refractivity contribution in [1.29, 1.82) is 0 Å². The molecule has 4 heterocycles. The normalized spacial score (nSPS) is 13.8. The molecule has 26 heavy (non-hydrogen) atoms. The summed E-state index contributed by atoms with van der Waals surface area (Å²) in [5.74, 6) is 0.926. The average Bonchev–Trinajstić information content (AvgIpc) is 3.17. The zero-order valence-electron chi connectivity index (χ0n) is 14.2. The summed E-state index contributed by atoms with van der Waals surface area (Å²) >= 11 is 0. The zero-order chi connectivity index (χ0) is 17.3. The van der Waals surface area contributed by atoms with Gasteiger partial charge in [0.15, 0.2) is 0 Å². The number of nitrogens with zero attached hydrogens (tertiary/aromatic N) is 5. The monoisotopic (exact) mass is 339 g/mol. The number of pyridine rings is 3. The van der Waals surface area contributed by atoms with Gasteiger partial charge in [-0.2, -0.15) is 0 Å². The zero-order valence-corrected chi connectivity index (χ0v) is 14.2. The van der Waals surface area contributed by atoms with Gasteiger partial charge in [0.2, 0.25) is 0 Å². The van der Waals surface area contributed by atoms with Gasteiger partial charge in [-0.25, -0.2) is 4.98 Å². The van der Waals surface area contributed by atoms with Gasteiger partial charge in [-0.05, 0) is 30.3 Å². The van der Waals surface area contributed by atoms with Crippen molar-refractivity contribution in [2.24, 2.45) is 0 Å². The molecule has 0 saturated heterocycles. The first-order valence-electron chi connectivity index (χ1n) is 8.60. The maximum absolute atomic E-state index is 4.90. The number of fused-ring (bicyclic) bond motifs is 3. The quantitative estimate of drug-likeness (QED) is 0.529. The average molecular weight is 339 g/mol. The molecule has 1 aliphatic rings. The molecule has 1 aromatic carbocycles. The van der Waals surface area contributed by atoms with E-state index in [4.69, 9.17) is 4.98 Å². The molecule has 0 amide bonds. The van der Waals surface area contributed by atoms with Crippen LogP contribution >= 0.6 is 0 Å². The molecule has 126 valence electrons. The molecule has 0 saturated carbocycles. The molecular weight excluding hydrogens is 322 g/mol. The van der Waals surface area contributed by atoms with Crippen LogP contribution in [-0.2, 0) is 6.54 Å². The van der Waals surface area contributed by atoms with Crippen molar-refractivity contribution in [3.05, 3.63) is 85.1 Å². The lowest BCUT2D eigenvalue weighted by atomic mass is 10.1. The third kappa shape index (κ3) is 2.63. The standard InChI is InChI=1S/C21H17N5/c1-2-10-22-18(5-1)14-25-12-13-26(15-25)19-9-8-17-7-6-16-4-3-11-23-20(16)21(17)24-19/h1-13H,14-15H2. The van der Waals surface area contributed by atoms with Gasteiger partial charge in [0.1, 0.15) is 5.82 Å². The molecule has 0 aliphatic carbocycles. The Morgan fingerprint density at radius 2 is 1.62 bits per heavy atom. The van der Waals surface area contributed by atoms with Crippen LogP contribution in [0.3, 0.4) is 0 Å². The predicted octanol–water partition coefficient (Wildman–Crippen LogP) is 3.93. The highest BCUT2D eigenvalue weighted by molar-refractivity contribution is 6.03. The number of benzene rings is 1. The highest BCUT2D eigenvalue weighted by Crippen LogP contribution is 2.26. The highest BCUT2D eigenvalue weighted by Gasteiger charge is 2.16. The molecule has 0 bridgehead atoms. The van der Waals surface area contributed by atoms with E-state index >= 15 is 0 Å². The van der Waals surface area contributed by atoms with E-state index in [1.807, 2.05) is 36.7 Å². The van der Waals surface area contributed by atoms with E-state index in [1.165, 1.54) is 0 Å². The van der Waals surface area contributed by atoms with Crippen LogP contribution in [0.5, 0.6) is 0 Å². The van der Waals surface area contributed by atoms with Gasteiger partial charge in [-0.15, -0.1) is 0 Å². The van der Waals surface area contributed by atoms with E-state index in [0.29, 0.717) is 0 Å². The molecular formula is C21H17N5. The third-order valence-corrected chi connectivity index (χ3v) is 4.59.